The van der Waals surface area contributed by atoms with Gasteiger partial charge in [0.05, 0.1) is 19.3 Å². The quantitative estimate of drug-likeness (QED) is 0.418. The summed E-state index contributed by atoms with van der Waals surface area (Å²) in [6.07, 6.45) is 6.07. The van der Waals surface area contributed by atoms with Crippen LogP contribution in [-0.2, 0) is 33.8 Å². The number of amides is 2. The largest absolute Gasteiger partial charge is 0.508 e. The second kappa shape index (κ2) is 11.7. The van der Waals surface area contributed by atoms with E-state index in [0.717, 1.165) is 24.0 Å². The van der Waals surface area contributed by atoms with Crippen molar-refractivity contribution in [2.24, 2.45) is 0 Å². The number of hydrogen-bond donors (Lipinski definition) is 2. The van der Waals surface area contributed by atoms with Gasteiger partial charge in [-0.1, -0.05) is 42.5 Å². The van der Waals surface area contributed by atoms with Crippen molar-refractivity contribution < 1.29 is 19.4 Å². The van der Waals surface area contributed by atoms with Crippen LogP contribution in [0.4, 0.5) is 0 Å². The van der Waals surface area contributed by atoms with Crippen molar-refractivity contribution in [3.05, 3.63) is 83.7 Å². The summed E-state index contributed by atoms with van der Waals surface area (Å²) in [7, 11) is 1.63. The Kier molecular flexibility index (Phi) is 8.15. The Morgan fingerprint density at radius 3 is 2.57 bits per heavy atom. The number of carbonyl (C=O) groups is 2. The molecule has 0 aliphatic heterocycles. The summed E-state index contributed by atoms with van der Waals surface area (Å²) in [6.45, 7) is 1.45. The molecule has 1 aliphatic rings. The highest BCUT2D eigenvalue weighted by Crippen LogP contribution is 2.35. The average molecular weight is 477 g/mol. The highest BCUT2D eigenvalue weighted by Gasteiger charge is 2.41. The summed E-state index contributed by atoms with van der Waals surface area (Å²) in [6, 6.07) is 15.9. The van der Waals surface area contributed by atoms with Crippen LogP contribution in [0.25, 0.3) is 0 Å². The minimum absolute atomic E-state index is 0.0390. The van der Waals surface area contributed by atoms with Crippen LogP contribution in [0.15, 0.2) is 67.0 Å². The number of rotatable bonds is 12. The molecule has 3 aromatic rings. The maximum absolute atomic E-state index is 13.5. The standard InChI is InChI=1S/C27H32N4O4/c1-35-16-15-30-19-22(18-29-30)26(27(34)28-17-21-5-3-2-4-6-21)31(23-10-11-23)25(33)14-9-20-7-12-24(32)13-8-20/h2-8,12-13,18-19,23,26,32H,9-11,14-17H2,1H3,(H,28,34). The number of ether oxygens (including phenoxy) is 1. The number of carbonyl (C=O) groups excluding carboxylic acids is 2. The molecule has 2 N–H and O–H groups in total. The van der Waals surface area contributed by atoms with E-state index in [1.165, 1.54) is 0 Å². The molecule has 2 aromatic carbocycles. The lowest BCUT2D eigenvalue weighted by Crippen LogP contribution is -2.44. The lowest BCUT2D eigenvalue weighted by atomic mass is 10.0. The fourth-order valence-electron chi connectivity index (χ4n) is 4.10. The topological polar surface area (TPSA) is 96.7 Å². The van der Waals surface area contributed by atoms with Crippen molar-refractivity contribution in [3.63, 3.8) is 0 Å². The van der Waals surface area contributed by atoms with Crippen LogP contribution in [0.2, 0.25) is 0 Å². The Morgan fingerprint density at radius 2 is 1.89 bits per heavy atom. The van der Waals surface area contributed by atoms with E-state index in [4.69, 9.17) is 4.74 Å². The van der Waals surface area contributed by atoms with E-state index in [1.54, 1.807) is 35.0 Å². The summed E-state index contributed by atoms with van der Waals surface area (Å²) >= 11 is 0. The lowest BCUT2D eigenvalue weighted by Gasteiger charge is -2.31. The molecule has 1 atom stereocenters. The van der Waals surface area contributed by atoms with E-state index in [-0.39, 0.29) is 30.0 Å². The zero-order valence-corrected chi connectivity index (χ0v) is 20.0. The lowest BCUT2D eigenvalue weighted by molar-refractivity contribution is -0.141. The summed E-state index contributed by atoms with van der Waals surface area (Å²) in [5.74, 6) is -0.0876. The van der Waals surface area contributed by atoms with Gasteiger partial charge in [-0.25, -0.2) is 0 Å². The first-order chi connectivity index (χ1) is 17.0. The number of aryl methyl sites for hydroxylation is 1. The molecule has 1 saturated carbocycles. The fourth-order valence-corrected chi connectivity index (χ4v) is 4.10. The Balaban J connectivity index is 1.54. The number of aromatic hydroxyl groups is 1. The van der Waals surface area contributed by atoms with E-state index in [0.29, 0.717) is 31.7 Å². The zero-order chi connectivity index (χ0) is 24.6. The zero-order valence-electron chi connectivity index (χ0n) is 20.0. The number of hydrogen-bond acceptors (Lipinski definition) is 5. The summed E-state index contributed by atoms with van der Waals surface area (Å²) in [5.41, 5.74) is 2.65. The Morgan fingerprint density at radius 1 is 1.14 bits per heavy atom. The number of methoxy groups -OCH3 is 1. The molecule has 1 fully saturated rings. The molecule has 8 heteroatoms. The molecule has 184 valence electrons. The minimum atomic E-state index is -0.755. The monoisotopic (exact) mass is 476 g/mol. The van der Waals surface area contributed by atoms with Crippen molar-refractivity contribution in [2.75, 3.05) is 13.7 Å². The van der Waals surface area contributed by atoms with Gasteiger partial charge in [-0.2, -0.15) is 5.10 Å². The summed E-state index contributed by atoms with van der Waals surface area (Å²) in [4.78, 5) is 28.8. The highest BCUT2D eigenvalue weighted by atomic mass is 16.5. The molecule has 1 unspecified atom stereocenters. The van der Waals surface area contributed by atoms with Crippen LogP contribution in [0.1, 0.15) is 42.0 Å². The minimum Gasteiger partial charge on any atom is -0.508 e. The van der Waals surface area contributed by atoms with Crippen LogP contribution in [-0.4, -0.2) is 51.4 Å². The number of phenolic OH excluding ortho intramolecular Hbond substituents is 1. The Labute approximate surface area is 205 Å². The Bertz CT molecular complexity index is 1110. The summed E-state index contributed by atoms with van der Waals surface area (Å²) in [5, 5.41) is 16.9. The smallest absolute Gasteiger partial charge is 0.247 e. The second-order valence-corrected chi connectivity index (χ2v) is 8.83. The molecular weight excluding hydrogens is 444 g/mol. The van der Waals surface area contributed by atoms with Crippen molar-refractivity contribution in [1.29, 1.82) is 0 Å². The first-order valence-corrected chi connectivity index (χ1v) is 12.0. The van der Waals surface area contributed by atoms with E-state index in [2.05, 4.69) is 10.4 Å². The van der Waals surface area contributed by atoms with Gasteiger partial charge in [-0.3, -0.25) is 14.3 Å². The number of nitrogens with one attached hydrogen (secondary N) is 1. The molecule has 0 saturated heterocycles. The molecule has 2 amide bonds. The van der Waals surface area contributed by atoms with E-state index >= 15 is 0 Å². The van der Waals surface area contributed by atoms with Gasteiger partial charge >= 0.3 is 0 Å². The molecular formula is C27H32N4O4. The number of benzene rings is 2. The second-order valence-electron chi connectivity index (χ2n) is 8.83. The molecule has 0 spiro atoms. The normalized spacial score (nSPS) is 13.9. The van der Waals surface area contributed by atoms with Crippen molar-refractivity contribution in [1.82, 2.24) is 20.0 Å². The third-order valence-corrected chi connectivity index (χ3v) is 6.12. The maximum Gasteiger partial charge on any atom is 0.247 e. The fraction of sp³-hybridized carbons (Fsp3) is 0.370. The number of aromatic nitrogens is 2. The van der Waals surface area contributed by atoms with E-state index in [9.17, 15) is 14.7 Å². The molecule has 1 heterocycles. The Hall–Kier alpha value is -3.65. The van der Waals surface area contributed by atoms with Gasteiger partial charge in [0.25, 0.3) is 0 Å². The summed E-state index contributed by atoms with van der Waals surface area (Å²) < 4.78 is 6.88. The first kappa shape index (κ1) is 24.5. The maximum atomic E-state index is 13.5. The van der Waals surface area contributed by atoms with Crippen LogP contribution in [0, 0.1) is 0 Å². The van der Waals surface area contributed by atoms with Crippen LogP contribution >= 0.6 is 0 Å². The van der Waals surface area contributed by atoms with Gasteiger partial charge in [-0.15, -0.1) is 0 Å². The van der Waals surface area contributed by atoms with Gasteiger partial charge in [0.15, 0.2) is 0 Å². The van der Waals surface area contributed by atoms with E-state index < -0.39 is 6.04 Å². The van der Waals surface area contributed by atoms with Crippen molar-refractivity contribution >= 4 is 11.8 Å². The van der Waals surface area contributed by atoms with Gasteiger partial charge in [0.1, 0.15) is 11.8 Å². The molecule has 8 nitrogen and oxygen atoms in total. The molecule has 4 rings (SSSR count). The molecule has 35 heavy (non-hydrogen) atoms. The van der Waals surface area contributed by atoms with Crippen LogP contribution < -0.4 is 5.32 Å². The third-order valence-electron chi connectivity index (χ3n) is 6.12. The predicted octanol–water partition coefficient (Wildman–Crippen LogP) is 3.22. The van der Waals surface area contributed by atoms with Crippen LogP contribution in [0.3, 0.4) is 0 Å². The van der Waals surface area contributed by atoms with Crippen LogP contribution in [0.5, 0.6) is 5.75 Å². The van der Waals surface area contributed by atoms with Gasteiger partial charge in [-0.05, 0) is 42.5 Å². The molecule has 0 bridgehead atoms. The number of phenols is 1. The molecule has 1 aliphatic carbocycles. The highest BCUT2D eigenvalue weighted by molar-refractivity contribution is 5.89. The van der Waals surface area contributed by atoms with Crippen molar-refractivity contribution in [3.8, 4) is 5.75 Å². The number of nitrogens with zero attached hydrogens (tertiary/aromatic N) is 3. The van der Waals surface area contributed by atoms with Gasteiger partial charge < -0.3 is 20.1 Å². The van der Waals surface area contributed by atoms with Crippen molar-refractivity contribution in [2.45, 2.75) is 50.9 Å². The molecule has 0 radical (unpaired) electrons. The molecule has 1 aromatic heterocycles. The van der Waals surface area contributed by atoms with E-state index in [1.807, 2.05) is 48.7 Å². The van der Waals surface area contributed by atoms with Gasteiger partial charge in [0, 0.05) is 37.9 Å². The first-order valence-electron chi connectivity index (χ1n) is 12.0. The predicted molar refractivity (Wildman–Crippen MR) is 131 cm³/mol. The SMILES string of the molecule is COCCn1cc(C(C(=O)NCc2ccccc2)N(C(=O)CCc2ccc(O)cc2)C2CC2)cn1. The average Bonchev–Trinajstić information content (AvgIpc) is 3.61. The third kappa shape index (κ3) is 6.70. The van der Waals surface area contributed by atoms with Gasteiger partial charge in [0.2, 0.25) is 11.8 Å².